The first-order valence-electron chi connectivity index (χ1n) is 9.48. The Morgan fingerprint density at radius 2 is 1.64 bits per heavy atom. The number of nitrogens with one attached hydrogen (secondary N) is 1. The highest BCUT2D eigenvalue weighted by Gasteiger charge is 2.21. The number of likely N-dealkylation sites (N-methyl/N-ethyl adjacent to an activating group) is 1. The number of benzene rings is 1. The zero-order valence-corrected chi connectivity index (χ0v) is 15.2. The van der Waals surface area contributed by atoms with Gasteiger partial charge in [0.05, 0.1) is 0 Å². The molecule has 0 spiro atoms. The van der Waals surface area contributed by atoms with E-state index in [9.17, 15) is 9.59 Å². The average molecular weight is 343 g/mol. The van der Waals surface area contributed by atoms with E-state index in [0.29, 0.717) is 6.54 Å². The lowest BCUT2D eigenvalue weighted by Crippen LogP contribution is -2.47. The second-order valence-electron chi connectivity index (χ2n) is 7.35. The van der Waals surface area contributed by atoms with Gasteiger partial charge < -0.3 is 15.1 Å². The molecule has 1 heterocycles. The maximum atomic E-state index is 12.5. The summed E-state index contributed by atoms with van der Waals surface area (Å²) < 4.78 is 0. The molecule has 136 valence electrons. The smallest absolute Gasteiger partial charge is 0.253 e. The molecule has 0 aromatic heterocycles. The van der Waals surface area contributed by atoms with E-state index < -0.39 is 0 Å². The largest absolute Gasteiger partial charge is 0.352 e. The maximum Gasteiger partial charge on any atom is 0.253 e. The number of hydrogen-bond acceptors (Lipinski definition) is 3. The van der Waals surface area contributed by atoms with Crippen LogP contribution in [0.5, 0.6) is 0 Å². The van der Waals surface area contributed by atoms with Crippen LogP contribution in [-0.2, 0) is 11.3 Å². The van der Waals surface area contributed by atoms with Crippen molar-refractivity contribution in [3.05, 3.63) is 35.4 Å². The van der Waals surface area contributed by atoms with Gasteiger partial charge in [-0.2, -0.15) is 0 Å². The third-order valence-electron chi connectivity index (χ3n) is 5.43. The van der Waals surface area contributed by atoms with Crippen molar-refractivity contribution in [2.24, 2.45) is 5.92 Å². The highest BCUT2D eigenvalue weighted by atomic mass is 16.2. The molecule has 5 heteroatoms. The molecule has 1 aliphatic heterocycles. The summed E-state index contributed by atoms with van der Waals surface area (Å²) in [4.78, 5) is 28.9. The van der Waals surface area contributed by atoms with Crippen LogP contribution in [0.2, 0.25) is 0 Å². The second kappa shape index (κ2) is 8.48. The predicted molar refractivity (Wildman–Crippen MR) is 98.3 cm³/mol. The Kier molecular flexibility index (Phi) is 6.08. The lowest BCUT2D eigenvalue weighted by Gasteiger charge is -2.32. The fraction of sp³-hybridized carbons (Fsp3) is 0.600. The molecule has 0 unspecified atom stereocenters. The van der Waals surface area contributed by atoms with Crippen molar-refractivity contribution < 1.29 is 9.59 Å². The minimum Gasteiger partial charge on any atom is -0.352 e. The SMILES string of the molecule is CN1CCN(C(=O)c2ccc(CNC(=O)C3CCCCC3)cc2)CC1. The molecule has 0 radical (unpaired) electrons. The van der Waals surface area contributed by atoms with Crippen molar-refractivity contribution in [2.45, 2.75) is 38.6 Å². The van der Waals surface area contributed by atoms with Crippen LogP contribution in [0.15, 0.2) is 24.3 Å². The number of amides is 2. The Morgan fingerprint density at radius 1 is 1.00 bits per heavy atom. The Bertz CT molecular complexity index is 585. The van der Waals surface area contributed by atoms with Crippen molar-refractivity contribution >= 4 is 11.8 Å². The molecule has 3 rings (SSSR count). The molecule has 5 nitrogen and oxygen atoms in total. The number of nitrogens with zero attached hydrogens (tertiary/aromatic N) is 2. The number of carbonyl (C=O) groups is 2. The first kappa shape index (κ1) is 17.9. The summed E-state index contributed by atoms with van der Waals surface area (Å²) >= 11 is 0. The van der Waals surface area contributed by atoms with Gasteiger partial charge in [-0.1, -0.05) is 31.4 Å². The fourth-order valence-electron chi connectivity index (χ4n) is 3.66. The summed E-state index contributed by atoms with van der Waals surface area (Å²) in [6.07, 6.45) is 5.63. The first-order chi connectivity index (χ1) is 12.1. The van der Waals surface area contributed by atoms with Gasteiger partial charge in [-0.3, -0.25) is 9.59 Å². The number of rotatable bonds is 4. The highest BCUT2D eigenvalue weighted by Crippen LogP contribution is 2.23. The first-order valence-corrected chi connectivity index (χ1v) is 9.48. The molecule has 2 aliphatic rings. The van der Waals surface area contributed by atoms with Crippen LogP contribution in [0.25, 0.3) is 0 Å². The third-order valence-corrected chi connectivity index (χ3v) is 5.43. The van der Waals surface area contributed by atoms with E-state index in [1.54, 1.807) is 0 Å². The van der Waals surface area contributed by atoms with E-state index >= 15 is 0 Å². The molecule has 0 bridgehead atoms. The lowest BCUT2D eigenvalue weighted by molar-refractivity contribution is -0.126. The van der Waals surface area contributed by atoms with Crippen LogP contribution in [0, 0.1) is 5.92 Å². The van der Waals surface area contributed by atoms with Crippen LogP contribution in [0.4, 0.5) is 0 Å². The monoisotopic (exact) mass is 343 g/mol. The third kappa shape index (κ3) is 4.82. The van der Waals surface area contributed by atoms with E-state index in [1.165, 1.54) is 19.3 Å². The second-order valence-corrected chi connectivity index (χ2v) is 7.35. The molecule has 1 aliphatic carbocycles. The van der Waals surface area contributed by atoms with E-state index in [4.69, 9.17) is 0 Å². The number of hydrogen-bond donors (Lipinski definition) is 1. The minimum absolute atomic E-state index is 0.103. The Balaban J connectivity index is 1.50. The average Bonchev–Trinajstić information content (AvgIpc) is 2.67. The summed E-state index contributed by atoms with van der Waals surface area (Å²) in [5.74, 6) is 0.468. The molecular formula is C20H29N3O2. The zero-order valence-electron chi connectivity index (χ0n) is 15.2. The van der Waals surface area contributed by atoms with Crippen molar-refractivity contribution in [3.63, 3.8) is 0 Å². The summed E-state index contributed by atoms with van der Waals surface area (Å²) in [5, 5.41) is 3.05. The molecule has 2 fully saturated rings. The molecule has 1 aromatic carbocycles. The summed E-state index contributed by atoms with van der Waals surface area (Å²) in [6.45, 7) is 3.97. The van der Waals surface area contributed by atoms with E-state index in [1.807, 2.05) is 29.2 Å². The van der Waals surface area contributed by atoms with Crippen LogP contribution < -0.4 is 5.32 Å². The van der Waals surface area contributed by atoms with Crippen LogP contribution in [-0.4, -0.2) is 54.8 Å². The zero-order chi connectivity index (χ0) is 17.6. The highest BCUT2D eigenvalue weighted by molar-refractivity contribution is 5.94. The van der Waals surface area contributed by atoms with Gasteiger partial charge in [0.2, 0.25) is 5.91 Å². The van der Waals surface area contributed by atoms with E-state index in [0.717, 1.165) is 50.1 Å². The molecule has 1 N–H and O–H groups in total. The van der Waals surface area contributed by atoms with Crippen molar-refractivity contribution in [1.29, 1.82) is 0 Å². The van der Waals surface area contributed by atoms with Gasteiger partial charge in [-0.15, -0.1) is 0 Å². The molecule has 1 aromatic rings. The van der Waals surface area contributed by atoms with Crippen molar-refractivity contribution in [2.75, 3.05) is 33.2 Å². The van der Waals surface area contributed by atoms with Gasteiger partial charge in [0, 0.05) is 44.2 Å². The standard InChI is InChI=1S/C20H29N3O2/c1-22-11-13-23(14-12-22)20(25)18-9-7-16(8-10-18)15-21-19(24)17-5-3-2-4-6-17/h7-10,17H,2-6,11-15H2,1H3,(H,21,24). The van der Waals surface area contributed by atoms with Gasteiger partial charge >= 0.3 is 0 Å². The van der Waals surface area contributed by atoms with Gasteiger partial charge in [0.15, 0.2) is 0 Å². The molecule has 1 saturated carbocycles. The van der Waals surface area contributed by atoms with Gasteiger partial charge in [-0.05, 0) is 37.6 Å². The Labute approximate surface area is 150 Å². The van der Waals surface area contributed by atoms with Crippen LogP contribution in [0.1, 0.15) is 48.0 Å². The fourth-order valence-corrected chi connectivity index (χ4v) is 3.66. The Hall–Kier alpha value is -1.88. The molecule has 25 heavy (non-hydrogen) atoms. The summed E-state index contributed by atoms with van der Waals surface area (Å²) in [6, 6.07) is 7.65. The maximum absolute atomic E-state index is 12.5. The van der Waals surface area contributed by atoms with Gasteiger partial charge in [-0.25, -0.2) is 0 Å². The predicted octanol–water partition coefficient (Wildman–Crippen LogP) is 2.27. The van der Waals surface area contributed by atoms with Gasteiger partial charge in [0.25, 0.3) is 5.91 Å². The topological polar surface area (TPSA) is 52.6 Å². The molecule has 0 atom stereocenters. The number of piperazine rings is 1. The van der Waals surface area contributed by atoms with Crippen molar-refractivity contribution in [3.8, 4) is 0 Å². The normalized spacial score (nSPS) is 19.6. The molecule has 2 amide bonds. The quantitative estimate of drug-likeness (QED) is 0.912. The Morgan fingerprint density at radius 3 is 2.28 bits per heavy atom. The van der Waals surface area contributed by atoms with E-state index in [2.05, 4.69) is 17.3 Å². The number of carbonyl (C=O) groups excluding carboxylic acids is 2. The van der Waals surface area contributed by atoms with Crippen LogP contribution in [0.3, 0.4) is 0 Å². The van der Waals surface area contributed by atoms with Gasteiger partial charge in [0.1, 0.15) is 0 Å². The lowest BCUT2D eigenvalue weighted by atomic mass is 9.88. The summed E-state index contributed by atoms with van der Waals surface area (Å²) in [7, 11) is 2.08. The minimum atomic E-state index is 0.103. The van der Waals surface area contributed by atoms with Crippen molar-refractivity contribution in [1.82, 2.24) is 15.1 Å². The van der Waals surface area contributed by atoms with Crippen LogP contribution >= 0.6 is 0 Å². The summed E-state index contributed by atoms with van der Waals surface area (Å²) in [5.41, 5.74) is 1.77. The molecule has 1 saturated heterocycles. The van der Waals surface area contributed by atoms with E-state index in [-0.39, 0.29) is 17.7 Å². The molecular weight excluding hydrogens is 314 g/mol.